The third kappa shape index (κ3) is 14.8. The van der Waals surface area contributed by atoms with Crippen molar-refractivity contribution in [3.05, 3.63) is 35.4 Å². The van der Waals surface area contributed by atoms with Gasteiger partial charge in [0.15, 0.2) is 0 Å². The monoisotopic (exact) mass is 556 g/mol. The lowest BCUT2D eigenvalue weighted by Gasteiger charge is -2.13. The van der Waals surface area contributed by atoms with Crippen LogP contribution in [0.4, 0.5) is 0 Å². The molecular weight excluding hydrogens is 512 g/mol. The van der Waals surface area contributed by atoms with Gasteiger partial charge in [0.1, 0.15) is 0 Å². The maximum atomic E-state index is 12.3. The van der Waals surface area contributed by atoms with E-state index in [1.165, 1.54) is 4.90 Å². The maximum Gasteiger partial charge on any atom is 0.261 e. The van der Waals surface area contributed by atoms with E-state index in [9.17, 15) is 9.59 Å². The van der Waals surface area contributed by atoms with Crippen molar-refractivity contribution in [1.29, 1.82) is 0 Å². The molecule has 1 N–H and O–H groups in total. The van der Waals surface area contributed by atoms with Crippen LogP contribution in [-0.2, 0) is 37.9 Å². The minimum absolute atomic E-state index is 0.220. The van der Waals surface area contributed by atoms with Crippen molar-refractivity contribution >= 4 is 11.8 Å². The number of carbonyl (C=O) groups excluding carboxylic acids is 2. The first-order valence-corrected chi connectivity index (χ1v) is 13.5. The van der Waals surface area contributed by atoms with Gasteiger partial charge in [0.25, 0.3) is 11.8 Å². The minimum Gasteiger partial charge on any atom is -0.378 e. The maximum absolute atomic E-state index is 12.3. The molecule has 12 heteroatoms. The van der Waals surface area contributed by atoms with Crippen molar-refractivity contribution < 1.29 is 47.5 Å². The number of nitrogens with one attached hydrogen (secondary N) is 1. The molecule has 2 amide bonds. The van der Waals surface area contributed by atoms with Crippen LogP contribution in [0.2, 0.25) is 0 Å². The van der Waals surface area contributed by atoms with Gasteiger partial charge in [-0.05, 0) is 19.2 Å². The van der Waals surface area contributed by atoms with Gasteiger partial charge in [-0.2, -0.15) is 0 Å². The van der Waals surface area contributed by atoms with Gasteiger partial charge in [-0.25, -0.2) is 0 Å². The van der Waals surface area contributed by atoms with Crippen LogP contribution in [0.1, 0.15) is 20.7 Å². The highest BCUT2D eigenvalue weighted by Crippen LogP contribution is 2.21. The number of hydrogen-bond acceptors (Lipinski definition) is 11. The molecule has 39 heavy (non-hydrogen) atoms. The Hall–Kier alpha value is -2.00. The first kappa shape index (κ1) is 33.2. The summed E-state index contributed by atoms with van der Waals surface area (Å²) < 4.78 is 43.5. The lowest BCUT2D eigenvalue weighted by Crippen LogP contribution is -2.33. The zero-order valence-electron chi connectivity index (χ0n) is 23.1. The van der Waals surface area contributed by atoms with E-state index in [4.69, 9.17) is 37.9 Å². The van der Waals surface area contributed by atoms with E-state index in [0.29, 0.717) is 110 Å². The summed E-state index contributed by atoms with van der Waals surface area (Å²) in [4.78, 5) is 25.7. The molecule has 0 spiro atoms. The number of ether oxygens (including phenoxy) is 8. The van der Waals surface area contributed by atoms with Crippen LogP contribution < -0.4 is 5.32 Å². The van der Waals surface area contributed by atoms with Crippen molar-refractivity contribution in [3.8, 4) is 0 Å². The average molecular weight is 557 g/mol. The van der Waals surface area contributed by atoms with Gasteiger partial charge in [0.05, 0.1) is 123 Å². The summed E-state index contributed by atoms with van der Waals surface area (Å²) in [6.45, 7) is 8.90. The molecule has 0 saturated carbocycles. The van der Waals surface area contributed by atoms with E-state index in [2.05, 4.69) is 5.32 Å². The summed E-state index contributed by atoms with van der Waals surface area (Å²) in [6, 6.07) is 6.82. The average Bonchev–Trinajstić information content (AvgIpc) is 3.19. The van der Waals surface area contributed by atoms with Crippen LogP contribution in [0, 0.1) is 0 Å². The van der Waals surface area contributed by atoms with Crippen molar-refractivity contribution in [1.82, 2.24) is 10.2 Å². The van der Waals surface area contributed by atoms with Crippen molar-refractivity contribution in [2.75, 3.05) is 126 Å². The summed E-state index contributed by atoms with van der Waals surface area (Å²) in [7, 11) is 1.89. The fourth-order valence-electron chi connectivity index (χ4n) is 3.41. The Morgan fingerprint density at radius 3 is 1.15 bits per heavy atom. The molecule has 1 aliphatic heterocycles. The zero-order chi connectivity index (χ0) is 27.8. The molecule has 1 aromatic rings. The smallest absolute Gasteiger partial charge is 0.261 e. The Morgan fingerprint density at radius 1 is 0.513 bits per heavy atom. The highest BCUT2D eigenvalue weighted by Gasteiger charge is 2.34. The normalized spacial score (nSPS) is 13.0. The van der Waals surface area contributed by atoms with Gasteiger partial charge in [0.2, 0.25) is 0 Å². The van der Waals surface area contributed by atoms with E-state index in [1.807, 2.05) is 7.05 Å². The number of amides is 2. The van der Waals surface area contributed by atoms with E-state index in [-0.39, 0.29) is 25.0 Å². The zero-order valence-corrected chi connectivity index (χ0v) is 23.1. The molecule has 0 atom stereocenters. The van der Waals surface area contributed by atoms with Crippen molar-refractivity contribution in [2.45, 2.75) is 0 Å². The fraction of sp³-hybridized carbons (Fsp3) is 0.704. The van der Waals surface area contributed by atoms with Crippen LogP contribution in [0.3, 0.4) is 0 Å². The predicted molar refractivity (Wildman–Crippen MR) is 142 cm³/mol. The van der Waals surface area contributed by atoms with Gasteiger partial charge in [0, 0.05) is 6.54 Å². The quantitative estimate of drug-likeness (QED) is 0.121. The molecule has 222 valence electrons. The Balaban J connectivity index is 1.23. The molecule has 12 nitrogen and oxygen atoms in total. The number of fused-ring (bicyclic) bond motifs is 1. The number of likely N-dealkylation sites (N-methyl/N-ethyl adjacent to an activating group) is 1. The summed E-state index contributed by atoms with van der Waals surface area (Å²) in [5, 5.41) is 3.01. The van der Waals surface area contributed by atoms with Crippen molar-refractivity contribution in [3.63, 3.8) is 0 Å². The number of nitrogens with zero attached hydrogens (tertiary/aromatic N) is 1. The third-order valence-corrected chi connectivity index (χ3v) is 5.44. The van der Waals surface area contributed by atoms with Crippen LogP contribution >= 0.6 is 0 Å². The van der Waals surface area contributed by atoms with Crippen LogP contribution in [0.5, 0.6) is 0 Å². The first-order chi connectivity index (χ1) is 19.3. The number of rotatable bonds is 27. The lowest BCUT2D eigenvalue weighted by atomic mass is 10.1. The topological polar surface area (TPSA) is 123 Å². The molecule has 1 heterocycles. The Labute approximate surface area is 231 Å². The number of hydrogen-bond donors (Lipinski definition) is 1. The van der Waals surface area contributed by atoms with Gasteiger partial charge in [-0.1, -0.05) is 12.1 Å². The summed E-state index contributed by atoms with van der Waals surface area (Å²) >= 11 is 0. The molecule has 1 aromatic carbocycles. The second kappa shape index (κ2) is 22.8. The van der Waals surface area contributed by atoms with Crippen molar-refractivity contribution in [2.24, 2.45) is 0 Å². The molecule has 0 aliphatic carbocycles. The van der Waals surface area contributed by atoms with Gasteiger partial charge < -0.3 is 43.2 Å². The fourth-order valence-corrected chi connectivity index (χ4v) is 3.41. The molecule has 0 fully saturated rings. The molecular formula is C27H44N2O10. The summed E-state index contributed by atoms with van der Waals surface area (Å²) in [5.74, 6) is -0.547. The van der Waals surface area contributed by atoms with E-state index in [1.54, 1.807) is 24.3 Å². The minimum atomic E-state index is -0.273. The molecule has 0 radical (unpaired) electrons. The van der Waals surface area contributed by atoms with E-state index in [0.717, 1.165) is 6.54 Å². The second-order valence-corrected chi connectivity index (χ2v) is 8.31. The number of imide groups is 1. The van der Waals surface area contributed by atoms with Gasteiger partial charge in [-0.3, -0.25) is 14.5 Å². The van der Waals surface area contributed by atoms with Crippen LogP contribution in [0.15, 0.2) is 24.3 Å². The van der Waals surface area contributed by atoms with Crippen LogP contribution in [-0.4, -0.2) is 143 Å². The number of benzene rings is 1. The molecule has 0 bridgehead atoms. The Kier molecular flexibility index (Phi) is 19.4. The molecule has 1 aliphatic rings. The van der Waals surface area contributed by atoms with E-state index < -0.39 is 0 Å². The lowest BCUT2D eigenvalue weighted by molar-refractivity contribution is -0.0232. The molecule has 0 aromatic heterocycles. The largest absolute Gasteiger partial charge is 0.378 e. The SMILES string of the molecule is CNCCOCCOCCOCCOCCOCCOCCOCCOCCN1C(=O)c2ccccc2C1=O. The van der Waals surface area contributed by atoms with E-state index >= 15 is 0 Å². The highest BCUT2D eigenvalue weighted by molar-refractivity contribution is 6.21. The summed E-state index contributed by atoms with van der Waals surface area (Å²) in [5.41, 5.74) is 0.892. The van der Waals surface area contributed by atoms with Gasteiger partial charge in [-0.15, -0.1) is 0 Å². The standard InChI is InChI=1S/C27H44N2O10/c1-28-6-8-32-10-12-34-14-16-36-18-20-38-22-23-39-21-19-37-17-15-35-13-11-33-9-7-29-26(30)24-4-2-3-5-25(24)27(29)31/h2-5,28H,6-23H2,1H3. The molecule has 2 rings (SSSR count). The Bertz CT molecular complexity index is 748. The predicted octanol–water partition coefficient (Wildman–Crippen LogP) is 0.635. The van der Waals surface area contributed by atoms with Gasteiger partial charge >= 0.3 is 0 Å². The van der Waals surface area contributed by atoms with Crippen LogP contribution in [0.25, 0.3) is 0 Å². The molecule has 0 saturated heterocycles. The Morgan fingerprint density at radius 2 is 0.821 bits per heavy atom. The summed E-state index contributed by atoms with van der Waals surface area (Å²) in [6.07, 6.45) is 0. The highest BCUT2D eigenvalue weighted by atomic mass is 16.6. The third-order valence-electron chi connectivity index (χ3n) is 5.44. The second-order valence-electron chi connectivity index (χ2n) is 8.31. The first-order valence-electron chi connectivity index (χ1n) is 13.5. The number of carbonyl (C=O) groups is 2. The molecule has 0 unspecified atom stereocenters.